The molecular weight excluding hydrogens is 210 g/mol. The third kappa shape index (κ3) is 7.19. The lowest BCUT2D eigenvalue weighted by Crippen LogP contribution is -2.48. The van der Waals surface area contributed by atoms with Crippen LogP contribution in [0.15, 0.2) is 0 Å². The molecule has 0 heterocycles. The van der Waals surface area contributed by atoms with Crippen molar-refractivity contribution in [3.63, 3.8) is 0 Å². The van der Waals surface area contributed by atoms with E-state index in [-0.39, 0.29) is 18.4 Å². The van der Waals surface area contributed by atoms with Gasteiger partial charge in [0, 0.05) is 19.5 Å². The van der Waals surface area contributed by atoms with Crippen LogP contribution in [0.4, 0.5) is 0 Å². The zero-order chi connectivity index (χ0) is 12.4. The first kappa shape index (κ1) is 14.9. The number of carboxylic acid groups (broad SMARTS) is 1. The first-order valence-corrected chi connectivity index (χ1v) is 5.43. The Labute approximate surface area is 95.8 Å². The number of carbonyl (C=O) groups excluding carboxylic acids is 1. The minimum Gasteiger partial charge on any atom is -0.481 e. The van der Waals surface area contributed by atoms with Crippen LogP contribution in [0.5, 0.6) is 0 Å². The fourth-order valence-corrected chi connectivity index (χ4v) is 1.27. The van der Waals surface area contributed by atoms with Crippen LogP contribution in [0.2, 0.25) is 0 Å². The van der Waals surface area contributed by atoms with E-state index in [0.29, 0.717) is 25.9 Å². The highest BCUT2D eigenvalue weighted by atomic mass is 16.4. The lowest BCUT2D eigenvalue weighted by molar-refractivity contribution is -0.137. The predicted molar refractivity (Wildman–Crippen MR) is 61.3 cm³/mol. The summed E-state index contributed by atoms with van der Waals surface area (Å²) < 4.78 is 0. The molecule has 0 aliphatic heterocycles. The molecule has 6 nitrogen and oxygen atoms in total. The lowest BCUT2D eigenvalue weighted by Gasteiger charge is -2.15. The van der Waals surface area contributed by atoms with E-state index in [2.05, 4.69) is 16.0 Å². The van der Waals surface area contributed by atoms with Crippen LogP contribution in [0, 0.1) is 0 Å². The molecule has 0 aromatic carbocycles. The third-order valence-electron chi connectivity index (χ3n) is 2.19. The lowest BCUT2D eigenvalue weighted by atomic mass is 10.2. The zero-order valence-electron chi connectivity index (χ0n) is 9.88. The SMILES string of the molecule is CNCC(NC)C(=O)NCCCCC(=O)O. The molecule has 16 heavy (non-hydrogen) atoms. The highest BCUT2D eigenvalue weighted by Gasteiger charge is 2.13. The Morgan fingerprint density at radius 1 is 1.25 bits per heavy atom. The normalized spacial score (nSPS) is 12.1. The van der Waals surface area contributed by atoms with Crippen molar-refractivity contribution in [3.8, 4) is 0 Å². The monoisotopic (exact) mass is 231 g/mol. The Hall–Kier alpha value is -1.14. The number of hydrogen-bond donors (Lipinski definition) is 4. The van der Waals surface area contributed by atoms with Gasteiger partial charge in [-0.2, -0.15) is 0 Å². The number of carbonyl (C=O) groups is 2. The number of hydrogen-bond acceptors (Lipinski definition) is 4. The van der Waals surface area contributed by atoms with Gasteiger partial charge in [-0.15, -0.1) is 0 Å². The number of nitrogens with one attached hydrogen (secondary N) is 3. The van der Waals surface area contributed by atoms with Gasteiger partial charge in [0.05, 0.1) is 6.04 Å². The van der Waals surface area contributed by atoms with Crippen LogP contribution in [-0.4, -0.2) is 50.2 Å². The van der Waals surface area contributed by atoms with Crippen LogP contribution >= 0.6 is 0 Å². The average Bonchev–Trinajstić information content (AvgIpc) is 2.24. The van der Waals surface area contributed by atoms with Crippen LogP contribution in [0.25, 0.3) is 0 Å². The number of rotatable bonds is 9. The van der Waals surface area contributed by atoms with Gasteiger partial charge in [-0.1, -0.05) is 0 Å². The third-order valence-corrected chi connectivity index (χ3v) is 2.19. The van der Waals surface area contributed by atoms with Gasteiger partial charge < -0.3 is 21.1 Å². The van der Waals surface area contributed by atoms with Crippen molar-refractivity contribution < 1.29 is 14.7 Å². The van der Waals surface area contributed by atoms with Crippen LogP contribution in [0.3, 0.4) is 0 Å². The highest BCUT2D eigenvalue weighted by molar-refractivity contribution is 5.81. The van der Waals surface area contributed by atoms with Crippen molar-refractivity contribution in [2.24, 2.45) is 0 Å². The maximum Gasteiger partial charge on any atom is 0.303 e. The van der Waals surface area contributed by atoms with Crippen molar-refractivity contribution in [1.29, 1.82) is 0 Å². The van der Waals surface area contributed by atoms with Crippen molar-refractivity contribution >= 4 is 11.9 Å². The first-order valence-electron chi connectivity index (χ1n) is 5.43. The summed E-state index contributed by atoms with van der Waals surface area (Å²) >= 11 is 0. The zero-order valence-corrected chi connectivity index (χ0v) is 9.88. The van der Waals surface area contributed by atoms with Gasteiger partial charge in [0.15, 0.2) is 0 Å². The quantitative estimate of drug-likeness (QED) is 0.389. The number of aliphatic carboxylic acids is 1. The summed E-state index contributed by atoms with van der Waals surface area (Å²) in [5.74, 6) is -0.859. The molecule has 0 saturated heterocycles. The van der Waals surface area contributed by atoms with Crippen LogP contribution < -0.4 is 16.0 Å². The molecule has 0 aliphatic rings. The largest absolute Gasteiger partial charge is 0.481 e. The molecule has 6 heteroatoms. The van der Waals surface area contributed by atoms with Crippen molar-refractivity contribution in [2.75, 3.05) is 27.2 Å². The van der Waals surface area contributed by atoms with Gasteiger partial charge in [-0.3, -0.25) is 9.59 Å². The van der Waals surface area contributed by atoms with E-state index >= 15 is 0 Å². The molecule has 0 aromatic heterocycles. The van der Waals surface area contributed by atoms with Crippen molar-refractivity contribution in [3.05, 3.63) is 0 Å². The molecule has 0 aromatic rings. The van der Waals surface area contributed by atoms with Crippen molar-refractivity contribution in [2.45, 2.75) is 25.3 Å². The molecule has 0 spiro atoms. The number of amides is 1. The molecule has 0 rings (SSSR count). The second-order valence-electron chi connectivity index (χ2n) is 3.54. The summed E-state index contributed by atoms with van der Waals surface area (Å²) in [6.07, 6.45) is 1.43. The summed E-state index contributed by atoms with van der Waals surface area (Å²) in [6.45, 7) is 1.09. The predicted octanol–water partition coefficient (Wildman–Crippen LogP) is -0.835. The average molecular weight is 231 g/mol. The molecule has 0 fully saturated rings. The molecule has 4 N–H and O–H groups in total. The van der Waals surface area contributed by atoms with E-state index in [1.54, 1.807) is 14.1 Å². The summed E-state index contributed by atoms with van der Waals surface area (Å²) in [5, 5.41) is 17.0. The highest BCUT2D eigenvalue weighted by Crippen LogP contribution is 1.93. The van der Waals surface area contributed by atoms with Gasteiger partial charge in [0.1, 0.15) is 0 Å². The van der Waals surface area contributed by atoms with E-state index in [1.165, 1.54) is 0 Å². The Morgan fingerprint density at radius 3 is 2.44 bits per heavy atom. The van der Waals surface area contributed by atoms with Gasteiger partial charge in [-0.05, 0) is 26.9 Å². The summed E-state index contributed by atoms with van der Waals surface area (Å²) in [7, 11) is 3.51. The van der Waals surface area contributed by atoms with Gasteiger partial charge in [0.2, 0.25) is 5.91 Å². The minimum absolute atomic E-state index is 0.0628. The van der Waals surface area contributed by atoms with E-state index in [9.17, 15) is 9.59 Å². The Kier molecular flexibility index (Phi) is 8.46. The standard InChI is InChI=1S/C10H21N3O3/c1-11-7-8(12-2)10(16)13-6-4-3-5-9(14)15/h8,11-12H,3-7H2,1-2H3,(H,13,16)(H,14,15). The second-order valence-corrected chi connectivity index (χ2v) is 3.54. The van der Waals surface area contributed by atoms with E-state index in [4.69, 9.17) is 5.11 Å². The minimum atomic E-state index is -0.797. The maximum absolute atomic E-state index is 11.5. The van der Waals surface area contributed by atoms with Crippen molar-refractivity contribution in [1.82, 2.24) is 16.0 Å². The molecule has 1 atom stereocenters. The van der Waals surface area contributed by atoms with Crippen LogP contribution in [-0.2, 0) is 9.59 Å². The Bertz CT molecular complexity index is 221. The number of unbranched alkanes of at least 4 members (excludes halogenated alkanes) is 1. The fourth-order valence-electron chi connectivity index (χ4n) is 1.27. The molecule has 0 saturated carbocycles. The first-order chi connectivity index (χ1) is 7.61. The van der Waals surface area contributed by atoms with Gasteiger partial charge in [0.25, 0.3) is 0 Å². The molecular formula is C10H21N3O3. The van der Waals surface area contributed by atoms with E-state index < -0.39 is 5.97 Å². The fraction of sp³-hybridized carbons (Fsp3) is 0.800. The number of likely N-dealkylation sites (N-methyl/N-ethyl adjacent to an activating group) is 2. The summed E-state index contributed by atoms with van der Waals surface area (Å²) in [4.78, 5) is 21.8. The molecule has 0 radical (unpaired) electrons. The molecule has 0 bridgehead atoms. The molecule has 1 unspecified atom stereocenters. The Morgan fingerprint density at radius 2 is 1.94 bits per heavy atom. The number of carboxylic acids is 1. The van der Waals surface area contributed by atoms with E-state index in [1.807, 2.05) is 0 Å². The second kappa shape index (κ2) is 9.11. The summed E-state index contributed by atoms with van der Waals surface area (Å²) in [5.41, 5.74) is 0. The summed E-state index contributed by atoms with van der Waals surface area (Å²) in [6, 6.07) is -0.246. The van der Waals surface area contributed by atoms with Gasteiger partial charge in [-0.25, -0.2) is 0 Å². The smallest absolute Gasteiger partial charge is 0.303 e. The topological polar surface area (TPSA) is 90.5 Å². The molecule has 0 aliphatic carbocycles. The molecule has 1 amide bonds. The molecule has 94 valence electrons. The van der Waals surface area contributed by atoms with Gasteiger partial charge >= 0.3 is 5.97 Å². The maximum atomic E-state index is 11.5. The van der Waals surface area contributed by atoms with Crippen LogP contribution in [0.1, 0.15) is 19.3 Å². The van der Waals surface area contributed by atoms with E-state index in [0.717, 1.165) is 0 Å². The Balaban J connectivity index is 3.59.